The first-order chi connectivity index (χ1) is 17.4. The van der Waals surface area contributed by atoms with Crippen LogP contribution in [0.15, 0.2) is 82.9 Å². The number of halogens is 2. The van der Waals surface area contributed by atoms with Crippen LogP contribution >= 0.6 is 23.4 Å². The molecule has 0 aliphatic carbocycles. The molecule has 182 valence electrons. The van der Waals surface area contributed by atoms with Gasteiger partial charge in [-0.15, -0.1) is 0 Å². The third-order valence-corrected chi connectivity index (χ3v) is 7.47. The smallest absolute Gasteiger partial charge is 0.262 e. The van der Waals surface area contributed by atoms with Gasteiger partial charge in [0, 0.05) is 12.8 Å². The molecule has 0 spiro atoms. The minimum absolute atomic E-state index is 0.0503. The van der Waals surface area contributed by atoms with E-state index in [1.54, 1.807) is 41.4 Å². The Morgan fingerprint density at radius 3 is 2.56 bits per heavy atom. The van der Waals surface area contributed by atoms with Gasteiger partial charge in [0.15, 0.2) is 5.17 Å². The number of nitrogens with one attached hydrogen (secondary N) is 1. The van der Waals surface area contributed by atoms with E-state index in [0.29, 0.717) is 22.3 Å². The number of para-hydroxylation sites is 1. The summed E-state index contributed by atoms with van der Waals surface area (Å²) in [5, 5.41) is 9.46. The van der Waals surface area contributed by atoms with Crippen LogP contribution in [0.25, 0.3) is 0 Å². The molecule has 0 fully saturated rings. The van der Waals surface area contributed by atoms with E-state index in [1.165, 1.54) is 23.9 Å². The van der Waals surface area contributed by atoms with Gasteiger partial charge in [0.25, 0.3) is 5.91 Å². The highest BCUT2D eigenvalue weighted by Gasteiger charge is 2.39. The second-order valence-electron chi connectivity index (χ2n) is 8.60. The topological polar surface area (TPSA) is 74.1 Å². The first-order valence-electron chi connectivity index (χ1n) is 11.4. The number of thioether (sulfide) groups is 1. The van der Waals surface area contributed by atoms with Crippen LogP contribution in [0.2, 0.25) is 5.02 Å². The lowest BCUT2D eigenvalue weighted by atomic mass is 9.98. The van der Waals surface area contributed by atoms with Gasteiger partial charge < -0.3 is 5.32 Å². The Labute approximate surface area is 217 Å². The van der Waals surface area contributed by atoms with Gasteiger partial charge in [0.2, 0.25) is 5.91 Å². The highest BCUT2D eigenvalue weighted by Crippen LogP contribution is 2.38. The zero-order chi connectivity index (χ0) is 25.2. The van der Waals surface area contributed by atoms with Crippen LogP contribution in [0.1, 0.15) is 35.6 Å². The number of benzene rings is 3. The maximum Gasteiger partial charge on any atom is 0.262 e. The van der Waals surface area contributed by atoms with Crippen LogP contribution in [0.3, 0.4) is 0 Å². The van der Waals surface area contributed by atoms with E-state index >= 15 is 0 Å². The van der Waals surface area contributed by atoms with Crippen molar-refractivity contribution in [2.45, 2.75) is 31.1 Å². The Morgan fingerprint density at radius 1 is 1.11 bits per heavy atom. The average molecular weight is 521 g/mol. The quantitative estimate of drug-likeness (QED) is 0.450. The van der Waals surface area contributed by atoms with Gasteiger partial charge >= 0.3 is 0 Å². The third kappa shape index (κ3) is 5.20. The first kappa shape index (κ1) is 24.2. The van der Waals surface area contributed by atoms with Gasteiger partial charge in [-0.2, -0.15) is 10.1 Å². The lowest BCUT2D eigenvalue weighted by molar-refractivity contribution is -0.121. The van der Waals surface area contributed by atoms with E-state index in [1.807, 2.05) is 31.2 Å². The van der Waals surface area contributed by atoms with E-state index in [0.717, 1.165) is 22.4 Å². The molecule has 3 aromatic rings. The normalized spacial score (nSPS) is 19.3. The summed E-state index contributed by atoms with van der Waals surface area (Å²) in [5.74, 6) is -1.04. The number of carbonyl (C=O) groups is 2. The molecule has 2 amide bonds. The molecule has 5 rings (SSSR count). The van der Waals surface area contributed by atoms with E-state index in [4.69, 9.17) is 16.7 Å². The molecule has 0 unspecified atom stereocenters. The molecule has 0 saturated heterocycles. The number of amidine groups is 1. The fourth-order valence-electron chi connectivity index (χ4n) is 4.09. The van der Waals surface area contributed by atoms with E-state index in [-0.39, 0.29) is 30.1 Å². The summed E-state index contributed by atoms with van der Waals surface area (Å²) in [7, 11) is 0. The molecule has 36 heavy (non-hydrogen) atoms. The van der Waals surface area contributed by atoms with Gasteiger partial charge in [-0.1, -0.05) is 77.5 Å². The molecule has 2 atom stereocenters. The fourth-order valence-corrected chi connectivity index (χ4v) is 5.33. The Balaban J connectivity index is 1.36. The molecule has 2 aliphatic heterocycles. The lowest BCUT2D eigenvalue weighted by Gasteiger charge is -2.23. The number of hydrogen-bond donors (Lipinski definition) is 1. The molecule has 3 aromatic carbocycles. The minimum atomic E-state index is -0.671. The van der Waals surface area contributed by atoms with Gasteiger partial charge in [0.1, 0.15) is 11.1 Å². The molecule has 0 saturated carbocycles. The Hall–Kier alpha value is -3.49. The molecule has 6 nitrogen and oxygen atoms in total. The number of hydrogen-bond acceptors (Lipinski definition) is 5. The van der Waals surface area contributed by atoms with E-state index in [9.17, 15) is 14.0 Å². The van der Waals surface area contributed by atoms with E-state index in [2.05, 4.69) is 10.3 Å². The van der Waals surface area contributed by atoms with Crippen LogP contribution < -0.4 is 5.32 Å². The van der Waals surface area contributed by atoms with Crippen LogP contribution in [0.4, 0.5) is 10.1 Å². The van der Waals surface area contributed by atoms with Crippen molar-refractivity contribution in [1.82, 2.24) is 5.01 Å². The maximum absolute atomic E-state index is 13.6. The third-order valence-electron chi connectivity index (χ3n) is 5.99. The minimum Gasteiger partial charge on any atom is -0.325 e. The number of anilines is 1. The molecule has 0 bridgehead atoms. The number of carbonyl (C=O) groups excluding carboxylic acids is 2. The molecule has 0 aromatic heterocycles. The number of aliphatic imine (C=N–C) groups is 1. The largest absolute Gasteiger partial charge is 0.325 e. The van der Waals surface area contributed by atoms with Crippen LogP contribution in [0.5, 0.6) is 0 Å². The molecular formula is C27H22ClFN4O2S. The van der Waals surface area contributed by atoms with Crippen molar-refractivity contribution in [2.24, 2.45) is 10.1 Å². The molecule has 2 aliphatic rings. The van der Waals surface area contributed by atoms with Crippen molar-refractivity contribution < 1.29 is 14.0 Å². The van der Waals surface area contributed by atoms with Crippen molar-refractivity contribution in [3.63, 3.8) is 0 Å². The molecular weight excluding hydrogens is 499 g/mol. The number of aryl methyl sites for hydroxylation is 1. The maximum atomic E-state index is 13.6. The van der Waals surface area contributed by atoms with Crippen molar-refractivity contribution in [3.05, 3.63) is 100 Å². The van der Waals surface area contributed by atoms with E-state index < -0.39 is 5.25 Å². The summed E-state index contributed by atoms with van der Waals surface area (Å²) in [6.07, 6.45) is 0.519. The molecule has 9 heteroatoms. The van der Waals surface area contributed by atoms with Crippen molar-refractivity contribution in [3.8, 4) is 0 Å². The summed E-state index contributed by atoms with van der Waals surface area (Å²) in [6.45, 7) is 2.02. The number of amides is 2. The van der Waals surface area contributed by atoms with Crippen LogP contribution in [-0.4, -0.2) is 33.0 Å². The lowest BCUT2D eigenvalue weighted by Crippen LogP contribution is -2.25. The average Bonchev–Trinajstić information content (AvgIpc) is 3.45. The zero-order valence-electron chi connectivity index (χ0n) is 19.3. The summed E-state index contributed by atoms with van der Waals surface area (Å²) in [5.41, 5.74) is 4.31. The summed E-state index contributed by atoms with van der Waals surface area (Å²) < 4.78 is 13.6. The molecule has 0 radical (unpaired) electrons. The van der Waals surface area contributed by atoms with Gasteiger partial charge in [-0.05, 0) is 42.3 Å². The number of nitrogens with zero attached hydrogens (tertiary/aromatic N) is 3. The first-order valence-corrected chi connectivity index (χ1v) is 12.7. The predicted octanol–water partition coefficient (Wildman–Crippen LogP) is 5.97. The molecule has 1 N–H and O–H groups in total. The van der Waals surface area contributed by atoms with Gasteiger partial charge in [-0.3, -0.25) is 9.59 Å². The monoisotopic (exact) mass is 520 g/mol. The summed E-state index contributed by atoms with van der Waals surface area (Å²) in [6, 6.07) is 21.0. The van der Waals surface area contributed by atoms with Crippen molar-refractivity contribution >= 4 is 51.7 Å². The second-order valence-corrected chi connectivity index (χ2v) is 10.2. The number of rotatable bonds is 5. The summed E-state index contributed by atoms with van der Waals surface area (Å²) >= 11 is 7.34. The second kappa shape index (κ2) is 10.2. The predicted molar refractivity (Wildman–Crippen MR) is 142 cm³/mol. The Kier molecular flexibility index (Phi) is 6.89. The van der Waals surface area contributed by atoms with Crippen LogP contribution in [-0.2, 0) is 9.59 Å². The van der Waals surface area contributed by atoms with Crippen molar-refractivity contribution in [2.75, 3.05) is 5.32 Å². The fraction of sp³-hybridized carbons (Fsp3) is 0.185. The highest BCUT2D eigenvalue weighted by molar-refractivity contribution is 8.15. The van der Waals surface area contributed by atoms with Crippen molar-refractivity contribution in [1.29, 1.82) is 0 Å². The summed E-state index contributed by atoms with van der Waals surface area (Å²) in [4.78, 5) is 29.6. The molecule has 2 heterocycles. The highest BCUT2D eigenvalue weighted by atomic mass is 35.5. The Morgan fingerprint density at radius 2 is 1.83 bits per heavy atom. The van der Waals surface area contributed by atoms with Gasteiger partial charge in [0.05, 0.1) is 22.5 Å². The Bertz CT molecular complexity index is 1380. The standard InChI is InChI=1S/C27H22ClFN4O2S/c1-16-6-8-17(9-7-16)22-14-23(18-10-12-19(29)13-11-18)33(32-22)27-31-26(35)24(36-27)15-25(34)30-21-5-3-2-4-20(21)28/h2-13,23-24H,14-15H2,1H3,(H,30,34)/t23-,24-/m0/s1. The zero-order valence-corrected chi connectivity index (χ0v) is 20.9. The SMILES string of the molecule is Cc1ccc(C2=NN(C3=NC(=O)[C@H](CC(=O)Nc4ccccc4Cl)S3)[C@H](c3ccc(F)cc3)C2)cc1. The van der Waals surface area contributed by atoms with Crippen LogP contribution in [0, 0.1) is 12.7 Å². The van der Waals surface area contributed by atoms with Gasteiger partial charge in [-0.25, -0.2) is 9.40 Å². The number of hydrazone groups is 1.